The predicted octanol–water partition coefficient (Wildman–Crippen LogP) is 1.30. The van der Waals surface area contributed by atoms with Crippen molar-refractivity contribution < 1.29 is 19.1 Å². The molecule has 0 aliphatic heterocycles. The first-order chi connectivity index (χ1) is 8.68. The summed E-state index contributed by atoms with van der Waals surface area (Å²) in [6.45, 7) is 0.255. The Morgan fingerprint density at radius 1 is 1.39 bits per heavy atom. The van der Waals surface area contributed by atoms with E-state index in [-0.39, 0.29) is 17.8 Å². The molecule has 0 atom stereocenters. The molecule has 0 saturated heterocycles. The molecule has 6 nitrogen and oxygen atoms in total. The lowest BCUT2D eigenvalue weighted by molar-refractivity contribution is 0.0690. The van der Waals surface area contributed by atoms with E-state index in [9.17, 15) is 9.59 Å². The van der Waals surface area contributed by atoms with E-state index in [1.54, 1.807) is 6.07 Å². The van der Waals surface area contributed by atoms with Gasteiger partial charge in [-0.15, -0.1) is 0 Å². The smallest absolute Gasteiger partial charge is 0.338 e. The minimum Gasteiger partial charge on any atom is -0.478 e. The zero-order valence-electron chi connectivity index (χ0n) is 9.29. The van der Waals surface area contributed by atoms with Crippen molar-refractivity contribution in [2.24, 2.45) is 0 Å². The van der Waals surface area contributed by atoms with Crippen LogP contribution < -0.4 is 5.32 Å². The Morgan fingerprint density at radius 2 is 2.22 bits per heavy atom. The monoisotopic (exact) mass is 246 g/mol. The number of hydrogen-bond donors (Lipinski definition) is 2. The van der Waals surface area contributed by atoms with Gasteiger partial charge >= 0.3 is 5.97 Å². The number of aromatic nitrogens is 1. The number of amides is 1. The zero-order valence-corrected chi connectivity index (χ0v) is 9.29. The molecule has 2 rings (SSSR count). The second-order valence-electron chi connectivity index (χ2n) is 3.52. The highest BCUT2D eigenvalue weighted by Crippen LogP contribution is 2.06. The highest BCUT2D eigenvalue weighted by molar-refractivity contribution is 6.03. The largest absolute Gasteiger partial charge is 0.478 e. The summed E-state index contributed by atoms with van der Waals surface area (Å²) < 4.78 is 4.85. The summed E-state index contributed by atoms with van der Waals surface area (Å²) in [5, 5.41) is 11.5. The number of pyridine rings is 1. The first-order valence-corrected chi connectivity index (χ1v) is 5.16. The number of carboxylic acids is 1. The van der Waals surface area contributed by atoms with Gasteiger partial charge in [0, 0.05) is 18.3 Å². The van der Waals surface area contributed by atoms with E-state index in [1.165, 1.54) is 30.9 Å². The lowest BCUT2D eigenvalue weighted by Gasteiger charge is -2.05. The first-order valence-electron chi connectivity index (χ1n) is 5.16. The van der Waals surface area contributed by atoms with Gasteiger partial charge < -0.3 is 14.8 Å². The molecule has 0 unspecified atom stereocenters. The summed E-state index contributed by atoms with van der Waals surface area (Å²) in [5.41, 5.74) is 0.562. The van der Waals surface area contributed by atoms with E-state index in [0.717, 1.165) is 5.56 Å². The first kappa shape index (κ1) is 11.8. The molecule has 2 N–H and O–H groups in total. The Morgan fingerprint density at radius 3 is 2.89 bits per heavy atom. The van der Waals surface area contributed by atoms with Gasteiger partial charge in [-0.05, 0) is 18.2 Å². The molecule has 18 heavy (non-hydrogen) atoms. The molecule has 0 fully saturated rings. The number of carbonyl (C=O) groups excluding carboxylic acids is 1. The van der Waals surface area contributed by atoms with Crippen molar-refractivity contribution in [1.29, 1.82) is 0 Å². The van der Waals surface area contributed by atoms with Crippen LogP contribution in [0.2, 0.25) is 0 Å². The summed E-state index contributed by atoms with van der Waals surface area (Å²) >= 11 is 0. The van der Waals surface area contributed by atoms with E-state index >= 15 is 0 Å². The van der Waals surface area contributed by atoms with Crippen molar-refractivity contribution in [3.8, 4) is 0 Å². The lowest BCUT2D eigenvalue weighted by Crippen LogP contribution is -2.25. The number of carboxylic acid groups (broad SMARTS) is 1. The molecular weight excluding hydrogens is 236 g/mol. The van der Waals surface area contributed by atoms with Gasteiger partial charge in [-0.3, -0.25) is 9.78 Å². The van der Waals surface area contributed by atoms with E-state index in [0.29, 0.717) is 0 Å². The summed E-state index contributed by atoms with van der Waals surface area (Å²) in [4.78, 5) is 26.5. The predicted molar refractivity (Wildman–Crippen MR) is 61.1 cm³/mol. The minimum absolute atomic E-state index is 0.103. The van der Waals surface area contributed by atoms with Crippen LogP contribution in [0.15, 0.2) is 41.3 Å². The quantitative estimate of drug-likeness (QED) is 0.848. The molecular formula is C12H10N2O4. The topological polar surface area (TPSA) is 92.4 Å². The molecule has 92 valence electrons. The Labute approximate surface area is 102 Å². The number of aromatic carboxylic acids is 1. The minimum atomic E-state index is -1.18. The van der Waals surface area contributed by atoms with E-state index in [4.69, 9.17) is 9.52 Å². The van der Waals surface area contributed by atoms with Crippen molar-refractivity contribution >= 4 is 11.9 Å². The van der Waals surface area contributed by atoms with Gasteiger partial charge in [0.1, 0.15) is 5.69 Å². The van der Waals surface area contributed by atoms with Crippen LogP contribution in [0.3, 0.4) is 0 Å². The summed E-state index contributed by atoms with van der Waals surface area (Å²) in [6, 6.07) is 4.51. The van der Waals surface area contributed by atoms with Crippen LogP contribution in [0, 0.1) is 0 Å². The molecule has 6 heteroatoms. The highest BCUT2D eigenvalue weighted by atomic mass is 16.4. The van der Waals surface area contributed by atoms with Crippen LogP contribution in [-0.2, 0) is 6.54 Å². The molecule has 2 heterocycles. The standard InChI is InChI=1S/C12H10N2O4/c15-11(14-6-8-3-5-18-7-8)10-9(12(16)17)2-1-4-13-10/h1-5,7H,6H2,(H,14,15)(H,16,17). The third-order valence-corrected chi connectivity index (χ3v) is 2.29. The number of rotatable bonds is 4. The number of nitrogens with one attached hydrogen (secondary N) is 1. The Balaban J connectivity index is 2.11. The SMILES string of the molecule is O=C(O)c1cccnc1C(=O)NCc1ccoc1. The summed E-state index contributed by atoms with van der Waals surface area (Å²) in [5.74, 6) is -1.72. The van der Waals surface area contributed by atoms with Crippen molar-refractivity contribution in [1.82, 2.24) is 10.3 Å². The molecule has 0 bridgehead atoms. The fraction of sp³-hybridized carbons (Fsp3) is 0.0833. The van der Waals surface area contributed by atoms with Crippen molar-refractivity contribution in [3.63, 3.8) is 0 Å². The maximum absolute atomic E-state index is 11.8. The second kappa shape index (κ2) is 5.13. The number of carbonyl (C=O) groups is 2. The van der Waals surface area contributed by atoms with Gasteiger partial charge in [0.05, 0.1) is 18.1 Å². The Bertz CT molecular complexity index is 563. The molecule has 1 amide bonds. The van der Waals surface area contributed by atoms with Crippen LogP contribution in [-0.4, -0.2) is 22.0 Å². The maximum atomic E-state index is 11.8. The Kier molecular flexibility index (Phi) is 3.38. The van der Waals surface area contributed by atoms with Gasteiger partial charge in [-0.2, -0.15) is 0 Å². The molecule has 0 spiro atoms. The van der Waals surface area contributed by atoms with Crippen LogP contribution in [0.5, 0.6) is 0 Å². The van der Waals surface area contributed by atoms with Crippen LogP contribution in [0.4, 0.5) is 0 Å². The van der Waals surface area contributed by atoms with Gasteiger partial charge in [0.15, 0.2) is 0 Å². The van der Waals surface area contributed by atoms with Gasteiger partial charge in [0.25, 0.3) is 5.91 Å². The van der Waals surface area contributed by atoms with E-state index in [1.807, 2.05) is 0 Å². The van der Waals surface area contributed by atoms with Crippen molar-refractivity contribution in [2.75, 3.05) is 0 Å². The van der Waals surface area contributed by atoms with Crippen molar-refractivity contribution in [2.45, 2.75) is 6.54 Å². The second-order valence-corrected chi connectivity index (χ2v) is 3.52. The van der Waals surface area contributed by atoms with Gasteiger partial charge in [-0.25, -0.2) is 4.79 Å². The zero-order chi connectivity index (χ0) is 13.0. The average Bonchev–Trinajstić information content (AvgIpc) is 2.89. The number of nitrogens with zero attached hydrogens (tertiary/aromatic N) is 1. The summed E-state index contributed by atoms with van der Waals surface area (Å²) in [7, 11) is 0. The summed E-state index contributed by atoms with van der Waals surface area (Å²) in [6.07, 6.45) is 4.36. The van der Waals surface area contributed by atoms with E-state index < -0.39 is 11.9 Å². The molecule has 0 aliphatic rings. The van der Waals surface area contributed by atoms with Crippen LogP contribution in [0.1, 0.15) is 26.4 Å². The third-order valence-electron chi connectivity index (χ3n) is 2.29. The number of hydrogen-bond acceptors (Lipinski definition) is 4. The molecule has 0 aliphatic carbocycles. The third kappa shape index (κ3) is 2.54. The molecule has 2 aromatic heterocycles. The number of furan rings is 1. The lowest BCUT2D eigenvalue weighted by atomic mass is 10.2. The maximum Gasteiger partial charge on any atom is 0.338 e. The van der Waals surface area contributed by atoms with Gasteiger partial charge in [-0.1, -0.05) is 0 Å². The van der Waals surface area contributed by atoms with Crippen LogP contribution >= 0.6 is 0 Å². The fourth-order valence-electron chi connectivity index (χ4n) is 1.42. The van der Waals surface area contributed by atoms with Gasteiger partial charge in [0.2, 0.25) is 0 Å². The molecule has 2 aromatic rings. The molecule has 0 saturated carbocycles. The normalized spacial score (nSPS) is 10.0. The molecule has 0 radical (unpaired) electrons. The molecule has 0 aromatic carbocycles. The van der Waals surface area contributed by atoms with E-state index in [2.05, 4.69) is 10.3 Å². The fourth-order valence-corrected chi connectivity index (χ4v) is 1.42. The average molecular weight is 246 g/mol. The van der Waals surface area contributed by atoms with Crippen molar-refractivity contribution in [3.05, 3.63) is 53.7 Å². The Hall–Kier alpha value is -2.63. The van der Waals surface area contributed by atoms with Crippen LogP contribution in [0.25, 0.3) is 0 Å². The highest BCUT2D eigenvalue weighted by Gasteiger charge is 2.17.